The Bertz CT molecular complexity index is 5240. The van der Waals surface area contributed by atoms with Crippen molar-refractivity contribution in [3.05, 3.63) is 234 Å². The summed E-state index contributed by atoms with van der Waals surface area (Å²) in [5.74, 6) is -7.16. The van der Waals surface area contributed by atoms with Gasteiger partial charge in [0.15, 0.2) is 43.6 Å². The molecule has 0 unspecified atom stereocenters. The van der Waals surface area contributed by atoms with Crippen LogP contribution in [0.15, 0.2) is 264 Å². The number of thiazole rings is 4. The van der Waals surface area contributed by atoms with Gasteiger partial charge in [0.05, 0.1) is 53.5 Å². The lowest BCUT2D eigenvalue weighted by molar-refractivity contribution is -0.117. The van der Waals surface area contributed by atoms with Gasteiger partial charge in [-0.2, -0.15) is 10.2 Å². The van der Waals surface area contributed by atoms with Crippen molar-refractivity contribution in [1.82, 2.24) is 19.9 Å². The first kappa shape index (κ1) is 71.0. The van der Waals surface area contributed by atoms with E-state index < -0.39 is 120 Å². The van der Waals surface area contributed by atoms with Crippen LogP contribution >= 0.6 is 45.3 Å². The zero-order chi connectivity index (χ0) is 72.7. The van der Waals surface area contributed by atoms with Gasteiger partial charge in [-0.25, -0.2) is 53.6 Å². The van der Waals surface area contributed by atoms with Gasteiger partial charge in [0.1, 0.15) is 0 Å². The molecule has 36 heteroatoms. The second-order valence-electron chi connectivity index (χ2n) is 23.1. The van der Waals surface area contributed by atoms with Crippen LogP contribution < -0.4 is 40.4 Å². The van der Waals surface area contributed by atoms with Crippen molar-refractivity contribution in [2.75, 3.05) is 40.4 Å². The molecule has 28 nitrogen and oxygen atoms in total. The number of nitrogens with zero attached hydrogens (tertiary/aromatic N) is 6. The minimum atomic E-state index is -4.15. The van der Waals surface area contributed by atoms with Crippen LogP contribution in [-0.2, 0) is 59.3 Å². The number of aromatic nitrogens is 4. The molecule has 0 saturated heterocycles. The molecular formula is C66H56N14O14S8. The highest BCUT2D eigenvalue weighted by Crippen LogP contribution is 2.49. The number of hydrogen-bond acceptors (Lipinski definition) is 28. The number of allylic oxidation sites excluding steroid dienone is 12. The number of carbonyl (C=O) groups is 4. The second kappa shape index (κ2) is 28.3. The average Bonchev–Trinajstić information content (AvgIpc) is 0.826. The number of carbonyl (C=O) groups excluding carboxylic acids is 4. The third-order valence-corrected chi connectivity index (χ3v) is 24.6. The third kappa shape index (κ3) is 14.2. The molecule has 0 saturated carbocycles. The number of anilines is 8. The number of hydrogen-bond donors (Lipinski definition) is 10. The predicted octanol–water partition coefficient (Wildman–Crippen LogP) is 11.4. The number of hydrazone groups is 2. The Labute approximate surface area is 599 Å². The van der Waals surface area contributed by atoms with E-state index in [1.54, 1.807) is 49.2 Å². The highest BCUT2D eigenvalue weighted by Gasteiger charge is 2.49. The van der Waals surface area contributed by atoms with Crippen molar-refractivity contribution in [2.45, 2.75) is 61.1 Å². The van der Waals surface area contributed by atoms with E-state index in [1.807, 2.05) is 0 Å². The molecule has 522 valence electrons. The molecule has 0 radical (unpaired) electrons. The van der Waals surface area contributed by atoms with Crippen LogP contribution in [0, 0.1) is 11.8 Å². The highest BCUT2D eigenvalue weighted by molar-refractivity contribution is 7.93. The molecule has 12 rings (SSSR count). The minimum absolute atomic E-state index is 0.0517. The van der Waals surface area contributed by atoms with Crippen LogP contribution in [0.25, 0.3) is 0 Å². The normalized spacial score (nSPS) is 17.2. The standard InChI is InChI=1S/C66H56N14O14S8/c1-33(2)47-53-51(45(57(81)61(47)85)31-71-37-7-15-41(16-8-37)99(87,88)77-63-67-23-27-95-63)59(83)49(35(5)55(53)75-73-39-11-19-43(20-12-39)101(91,92)79-65-69-25-29-97-65)50-36(6)56(76-74-40-13-21-44(22-14-40)102(93,94)80-66-70-26-30-98-66)54-48(34(3)4)62(86)58(82)46(52(54)60(50)84)32-72-38-9-17-42(18-10-38)100(89,90)78-64-68-24-28-96-64/h7-34,71-74,85-86H,1-6H3,(H,67,77)(H,68,78)(H,69,79)(H,70,80)/b45-31-,46-32-,75-55+,76-56+. The van der Waals surface area contributed by atoms with Gasteiger partial charge in [-0.05, 0) is 134 Å². The summed E-state index contributed by atoms with van der Waals surface area (Å²) < 4.78 is 117. The number of sulfonamides is 4. The number of ketones is 4. The summed E-state index contributed by atoms with van der Waals surface area (Å²) in [6.07, 6.45) is 7.97. The Hall–Kier alpha value is -10.9. The molecule has 4 aromatic carbocycles. The predicted molar refractivity (Wildman–Crippen MR) is 391 cm³/mol. The summed E-state index contributed by atoms with van der Waals surface area (Å²) in [6, 6.07) is 21.3. The van der Waals surface area contributed by atoms with Gasteiger partial charge in [-0.1, -0.05) is 27.7 Å². The van der Waals surface area contributed by atoms with Gasteiger partial charge < -0.3 is 20.8 Å². The van der Waals surface area contributed by atoms with E-state index in [1.165, 1.54) is 136 Å². The van der Waals surface area contributed by atoms with E-state index >= 15 is 19.2 Å². The van der Waals surface area contributed by atoms with Gasteiger partial charge in [-0.15, -0.1) is 45.3 Å². The molecule has 0 spiro atoms. The van der Waals surface area contributed by atoms with Crippen LogP contribution in [0.4, 0.5) is 43.3 Å². The first-order valence-corrected chi connectivity index (χ1v) is 39.7. The summed E-state index contributed by atoms with van der Waals surface area (Å²) in [6.45, 7) is 9.53. The number of aliphatic hydroxyl groups excluding tert-OH is 2. The van der Waals surface area contributed by atoms with Gasteiger partial charge >= 0.3 is 0 Å². The fraction of sp³-hybridized carbons (Fsp3) is 0.121. The fourth-order valence-electron chi connectivity index (χ4n) is 11.2. The molecule has 4 aliphatic carbocycles. The lowest BCUT2D eigenvalue weighted by Gasteiger charge is -2.35. The molecule has 4 heterocycles. The van der Waals surface area contributed by atoms with Gasteiger partial charge in [0.25, 0.3) is 40.1 Å². The molecule has 10 N–H and O–H groups in total. The summed E-state index contributed by atoms with van der Waals surface area (Å²) in [4.78, 5) is 78.4. The van der Waals surface area contributed by atoms with Crippen molar-refractivity contribution in [1.29, 1.82) is 0 Å². The highest BCUT2D eigenvalue weighted by atomic mass is 32.2. The van der Waals surface area contributed by atoms with E-state index in [-0.39, 0.29) is 108 Å². The Morgan fingerprint density at radius 2 is 0.647 bits per heavy atom. The molecule has 8 aromatic rings. The Morgan fingerprint density at radius 1 is 0.382 bits per heavy atom. The summed E-state index contributed by atoms with van der Waals surface area (Å²) in [5.41, 5.74) is 3.44. The van der Waals surface area contributed by atoms with Crippen LogP contribution in [0.1, 0.15) is 41.5 Å². The van der Waals surface area contributed by atoms with E-state index in [0.717, 1.165) is 57.7 Å². The SMILES string of the molecule is CC1=C(C2=C(C)/C(=N\Nc3ccc(S(=O)(=O)Nc4nccs4)cc3)C3=C(C2=O)/C(=C/Nc2ccc(S(=O)(=O)Nc4nccs4)cc2)C(=O)C(O)=C3C(C)C)C(=O)C2=C(C(C(C)C)=C(O)C(=O)/C2=C\Nc2ccc(S(=O)(=O)Nc3nccs3)cc2)/C1=N/Nc1ccc(S(=O)(=O)Nc2nccs2)cc1. The lowest BCUT2D eigenvalue weighted by Crippen LogP contribution is -2.38. The minimum Gasteiger partial charge on any atom is -0.504 e. The number of Topliss-reactive ketones (excluding diaryl/α,β-unsaturated/α-hetero) is 4. The first-order valence-electron chi connectivity index (χ1n) is 30.2. The van der Waals surface area contributed by atoms with Gasteiger partial charge in [0, 0.05) is 115 Å². The topological polar surface area (TPSA) is 418 Å². The Morgan fingerprint density at radius 3 is 0.892 bits per heavy atom. The molecule has 0 aliphatic heterocycles. The zero-order valence-electron chi connectivity index (χ0n) is 53.9. The maximum atomic E-state index is 16.5. The van der Waals surface area contributed by atoms with E-state index in [4.69, 9.17) is 10.2 Å². The number of nitrogens with one attached hydrogen (secondary N) is 8. The molecule has 4 aliphatic rings. The Balaban J connectivity index is 1.03. The van der Waals surface area contributed by atoms with E-state index in [9.17, 15) is 43.9 Å². The van der Waals surface area contributed by atoms with Crippen molar-refractivity contribution >= 4 is 163 Å². The van der Waals surface area contributed by atoms with E-state index in [0.29, 0.717) is 0 Å². The molecule has 0 atom stereocenters. The molecule has 0 amide bonds. The Kier molecular flexibility index (Phi) is 19.7. The number of rotatable bonds is 23. The van der Waals surface area contributed by atoms with Crippen molar-refractivity contribution in [3.8, 4) is 0 Å². The molecule has 4 aromatic heterocycles. The zero-order valence-corrected chi connectivity index (χ0v) is 60.4. The average molecular weight is 1530 g/mol. The first-order chi connectivity index (χ1) is 48.5. The summed E-state index contributed by atoms with van der Waals surface area (Å²) in [7, 11) is -16.6. The van der Waals surface area contributed by atoms with E-state index in [2.05, 4.69) is 60.3 Å². The van der Waals surface area contributed by atoms with Crippen molar-refractivity contribution < 1.29 is 63.1 Å². The van der Waals surface area contributed by atoms with Gasteiger partial charge in [-0.3, -0.25) is 48.9 Å². The van der Waals surface area contributed by atoms with Crippen LogP contribution in [0.2, 0.25) is 0 Å². The third-order valence-electron chi connectivity index (χ3n) is 15.9. The van der Waals surface area contributed by atoms with Crippen LogP contribution in [-0.4, -0.2) is 98.4 Å². The maximum Gasteiger partial charge on any atom is 0.263 e. The van der Waals surface area contributed by atoms with Crippen LogP contribution in [0.5, 0.6) is 0 Å². The maximum absolute atomic E-state index is 16.5. The quantitative estimate of drug-likeness (QED) is 0.0161. The molecular weight excluding hydrogens is 1470 g/mol. The number of benzene rings is 4. The van der Waals surface area contributed by atoms with Gasteiger partial charge in [0.2, 0.25) is 11.6 Å². The van der Waals surface area contributed by atoms with Crippen molar-refractivity contribution in [2.24, 2.45) is 22.0 Å². The smallest absolute Gasteiger partial charge is 0.263 e. The summed E-state index contributed by atoms with van der Waals surface area (Å²) in [5, 5.41) is 46.8. The number of aliphatic hydroxyl groups is 2. The van der Waals surface area contributed by atoms with Crippen molar-refractivity contribution in [3.63, 3.8) is 0 Å². The monoisotopic (exact) mass is 1520 g/mol. The van der Waals surface area contributed by atoms with Crippen LogP contribution in [0.3, 0.4) is 0 Å². The molecule has 102 heavy (non-hydrogen) atoms. The fourth-order valence-corrected chi connectivity index (χ4v) is 18.3. The largest absolute Gasteiger partial charge is 0.504 e. The summed E-state index contributed by atoms with van der Waals surface area (Å²) >= 11 is 4.25. The lowest BCUT2D eigenvalue weighted by atomic mass is 9.66. The molecule has 0 bridgehead atoms. The molecule has 0 fully saturated rings. The second-order valence-corrected chi connectivity index (χ2v) is 33.4.